The van der Waals surface area contributed by atoms with E-state index in [9.17, 15) is 0 Å². The Bertz CT molecular complexity index is 854. The number of hydrogen-bond donors (Lipinski definition) is 0. The monoisotopic (exact) mass is 323 g/mol. The van der Waals surface area contributed by atoms with E-state index in [0.717, 1.165) is 0 Å². The molecule has 3 rings (SSSR count). The fraction of sp³-hybridized carbons (Fsp3) is 0.350. The highest BCUT2D eigenvalue weighted by molar-refractivity contribution is 6.89. The summed E-state index contributed by atoms with van der Waals surface area (Å²) in [5, 5.41) is 1.52. The molecule has 3 aromatic rings. The van der Waals surface area contributed by atoms with Crippen molar-refractivity contribution >= 4 is 24.3 Å². The number of benzene rings is 2. The van der Waals surface area contributed by atoms with Gasteiger partial charge in [0.25, 0.3) is 5.82 Å². The van der Waals surface area contributed by atoms with Gasteiger partial charge in [0.1, 0.15) is 5.69 Å². The molecule has 1 heterocycles. The van der Waals surface area contributed by atoms with Gasteiger partial charge in [0.2, 0.25) is 0 Å². The molecule has 2 nitrogen and oxygen atoms in total. The molecule has 3 heteroatoms. The van der Waals surface area contributed by atoms with E-state index in [4.69, 9.17) is 0 Å². The topological polar surface area (TPSA) is 8.81 Å². The van der Waals surface area contributed by atoms with Crippen LogP contribution in [0.2, 0.25) is 19.6 Å². The van der Waals surface area contributed by atoms with Crippen molar-refractivity contribution in [2.24, 2.45) is 7.05 Å². The number of aromatic nitrogens is 2. The Morgan fingerprint density at radius 3 is 2.17 bits per heavy atom. The molecule has 0 aliphatic carbocycles. The molecule has 23 heavy (non-hydrogen) atoms. The predicted octanol–water partition coefficient (Wildman–Crippen LogP) is 4.12. The molecule has 0 saturated carbocycles. The molecule has 0 spiro atoms. The van der Waals surface area contributed by atoms with E-state index in [2.05, 4.69) is 98.2 Å². The van der Waals surface area contributed by atoms with Crippen LogP contribution >= 0.6 is 0 Å². The summed E-state index contributed by atoms with van der Waals surface area (Å²) in [5.41, 5.74) is 3.94. The fourth-order valence-corrected chi connectivity index (χ4v) is 5.09. The lowest BCUT2D eigenvalue weighted by Gasteiger charge is -2.20. The van der Waals surface area contributed by atoms with E-state index >= 15 is 0 Å². The lowest BCUT2D eigenvalue weighted by Crippen LogP contribution is -2.41. The standard InChI is InChI=1S/C20H27N2Si/c1-15(2)20-21(3)16-11-7-8-12-17(16)22(20)18-13-9-10-14-19(18)23(4,5)6/h7-15H,1-6H3/q+1. The molecule has 0 amide bonds. The predicted molar refractivity (Wildman–Crippen MR) is 102 cm³/mol. The molecule has 1 aromatic heterocycles. The van der Waals surface area contributed by atoms with Crippen LogP contribution in [-0.2, 0) is 7.05 Å². The Hall–Kier alpha value is -1.87. The molecule has 120 valence electrons. The first-order valence-electron chi connectivity index (χ1n) is 8.41. The lowest BCUT2D eigenvalue weighted by atomic mass is 10.2. The van der Waals surface area contributed by atoms with Crippen molar-refractivity contribution in [1.29, 1.82) is 0 Å². The second-order valence-corrected chi connectivity index (χ2v) is 12.7. The molecule has 0 aliphatic heterocycles. The average molecular weight is 324 g/mol. The number of fused-ring (bicyclic) bond motifs is 1. The quantitative estimate of drug-likeness (QED) is 0.506. The van der Waals surface area contributed by atoms with Gasteiger partial charge in [-0.25, -0.2) is 4.57 Å². The Labute approximate surface area is 140 Å². The van der Waals surface area contributed by atoms with Gasteiger partial charge in [-0.2, -0.15) is 4.57 Å². The van der Waals surface area contributed by atoms with Crippen molar-refractivity contribution in [2.75, 3.05) is 0 Å². The maximum absolute atomic E-state index is 2.48. The average Bonchev–Trinajstić information content (AvgIpc) is 2.80. The van der Waals surface area contributed by atoms with Gasteiger partial charge in [0.15, 0.2) is 11.0 Å². The summed E-state index contributed by atoms with van der Waals surface area (Å²) in [5.74, 6) is 1.82. The van der Waals surface area contributed by atoms with Crippen LogP contribution in [0.1, 0.15) is 25.6 Å². The van der Waals surface area contributed by atoms with Crippen LogP contribution in [0.3, 0.4) is 0 Å². The van der Waals surface area contributed by atoms with Crippen LogP contribution < -0.4 is 9.75 Å². The highest BCUT2D eigenvalue weighted by Gasteiger charge is 2.30. The number of para-hydroxylation sites is 3. The second-order valence-electron chi connectivity index (χ2n) is 7.66. The van der Waals surface area contributed by atoms with Crippen molar-refractivity contribution in [3.05, 3.63) is 54.4 Å². The zero-order valence-electron chi connectivity index (χ0n) is 15.1. The Kier molecular flexibility index (Phi) is 3.92. The van der Waals surface area contributed by atoms with Gasteiger partial charge in [-0.05, 0) is 23.4 Å². The molecule has 0 atom stereocenters. The van der Waals surface area contributed by atoms with Crippen LogP contribution in [0.25, 0.3) is 16.7 Å². The van der Waals surface area contributed by atoms with Gasteiger partial charge in [0.05, 0.1) is 21.0 Å². The first kappa shape index (κ1) is 16.0. The van der Waals surface area contributed by atoms with Crippen molar-refractivity contribution in [2.45, 2.75) is 39.4 Å². The van der Waals surface area contributed by atoms with Crippen molar-refractivity contribution in [1.82, 2.24) is 4.57 Å². The molecule has 0 aliphatic rings. The molecular formula is C20H27N2Si+. The zero-order valence-corrected chi connectivity index (χ0v) is 16.1. The molecule has 0 radical (unpaired) electrons. The normalized spacial score (nSPS) is 12.3. The van der Waals surface area contributed by atoms with Gasteiger partial charge < -0.3 is 0 Å². The fourth-order valence-electron chi connectivity index (χ4n) is 3.54. The number of imidazole rings is 1. The van der Waals surface area contributed by atoms with E-state index < -0.39 is 8.07 Å². The van der Waals surface area contributed by atoms with Gasteiger partial charge in [-0.1, -0.05) is 63.8 Å². The van der Waals surface area contributed by atoms with Crippen LogP contribution in [0, 0.1) is 0 Å². The molecule has 0 bridgehead atoms. The minimum Gasteiger partial charge on any atom is -0.229 e. The van der Waals surface area contributed by atoms with Gasteiger partial charge in [0, 0.05) is 0 Å². The number of nitrogens with zero attached hydrogens (tertiary/aromatic N) is 2. The van der Waals surface area contributed by atoms with Crippen molar-refractivity contribution < 1.29 is 4.57 Å². The first-order chi connectivity index (χ1) is 10.8. The van der Waals surface area contributed by atoms with Crippen LogP contribution in [0.5, 0.6) is 0 Å². The molecule has 0 N–H and O–H groups in total. The summed E-state index contributed by atoms with van der Waals surface area (Å²) in [6, 6.07) is 17.7. The summed E-state index contributed by atoms with van der Waals surface area (Å²) in [6.45, 7) is 11.8. The third-order valence-electron chi connectivity index (χ3n) is 4.53. The third kappa shape index (κ3) is 2.63. The van der Waals surface area contributed by atoms with E-state index in [1.54, 1.807) is 0 Å². The number of hydrogen-bond acceptors (Lipinski definition) is 0. The van der Waals surface area contributed by atoms with Crippen LogP contribution in [-0.4, -0.2) is 12.6 Å². The second kappa shape index (κ2) is 5.64. The Balaban J connectivity index is 2.44. The van der Waals surface area contributed by atoms with Crippen LogP contribution in [0.4, 0.5) is 0 Å². The zero-order chi connectivity index (χ0) is 16.8. The highest BCUT2D eigenvalue weighted by atomic mass is 28.3. The Morgan fingerprint density at radius 1 is 0.913 bits per heavy atom. The smallest absolute Gasteiger partial charge is 0.229 e. The Morgan fingerprint density at radius 2 is 1.52 bits per heavy atom. The number of rotatable bonds is 3. The van der Waals surface area contributed by atoms with Gasteiger partial charge in [-0.3, -0.25) is 0 Å². The lowest BCUT2D eigenvalue weighted by molar-refractivity contribution is -0.654. The van der Waals surface area contributed by atoms with E-state index in [1.807, 2.05) is 0 Å². The van der Waals surface area contributed by atoms with E-state index in [0.29, 0.717) is 5.92 Å². The minimum absolute atomic E-state index is 0.460. The SMILES string of the molecule is CC(C)c1n(-c2ccccc2[Si](C)(C)C)c2ccccc2[n+]1C. The summed E-state index contributed by atoms with van der Waals surface area (Å²) in [6.07, 6.45) is 0. The van der Waals surface area contributed by atoms with Gasteiger partial charge in [-0.15, -0.1) is 0 Å². The summed E-state index contributed by atoms with van der Waals surface area (Å²) >= 11 is 0. The van der Waals surface area contributed by atoms with Gasteiger partial charge >= 0.3 is 0 Å². The van der Waals surface area contributed by atoms with E-state index in [-0.39, 0.29) is 0 Å². The molecule has 0 fully saturated rings. The maximum Gasteiger partial charge on any atom is 0.264 e. The molecule has 0 unspecified atom stereocenters. The summed E-state index contributed by atoms with van der Waals surface area (Å²) in [7, 11) is 0.759. The van der Waals surface area contributed by atoms with Crippen molar-refractivity contribution in [3.63, 3.8) is 0 Å². The summed E-state index contributed by atoms with van der Waals surface area (Å²) < 4.78 is 4.83. The molecular weight excluding hydrogens is 296 g/mol. The highest BCUT2D eigenvalue weighted by Crippen LogP contribution is 2.24. The molecule has 2 aromatic carbocycles. The van der Waals surface area contributed by atoms with Crippen LogP contribution in [0.15, 0.2) is 48.5 Å². The third-order valence-corrected chi connectivity index (χ3v) is 6.56. The molecule has 0 saturated heterocycles. The van der Waals surface area contributed by atoms with Crippen molar-refractivity contribution in [3.8, 4) is 5.69 Å². The first-order valence-corrected chi connectivity index (χ1v) is 11.9. The maximum atomic E-state index is 2.48. The number of aryl methyl sites for hydroxylation is 1. The summed E-state index contributed by atoms with van der Waals surface area (Å²) in [4.78, 5) is 0. The van der Waals surface area contributed by atoms with E-state index in [1.165, 1.54) is 27.7 Å². The minimum atomic E-state index is -1.43. The largest absolute Gasteiger partial charge is 0.264 e.